The van der Waals surface area contributed by atoms with E-state index in [2.05, 4.69) is 6.58 Å². The Morgan fingerprint density at radius 1 is 1.25 bits per heavy atom. The lowest BCUT2D eigenvalue weighted by atomic mass is 9.52. The average molecular weight is 376 g/mol. The van der Waals surface area contributed by atoms with E-state index in [9.17, 15) is 14.7 Å². The number of ether oxygens (including phenoxy) is 1. The highest BCUT2D eigenvalue weighted by molar-refractivity contribution is 6.15. The number of benzene rings is 1. The summed E-state index contributed by atoms with van der Waals surface area (Å²) in [5.41, 5.74) is 2.99. The zero-order valence-corrected chi connectivity index (χ0v) is 16.4. The van der Waals surface area contributed by atoms with Crippen molar-refractivity contribution in [3.05, 3.63) is 71.0 Å². The zero-order chi connectivity index (χ0) is 20.2. The van der Waals surface area contributed by atoms with E-state index in [1.807, 2.05) is 13.0 Å². The van der Waals surface area contributed by atoms with Crippen LogP contribution in [-0.2, 0) is 16.0 Å². The maximum atomic E-state index is 13.5. The first-order valence-electron chi connectivity index (χ1n) is 9.55. The van der Waals surface area contributed by atoms with Gasteiger partial charge in [0, 0.05) is 23.8 Å². The van der Waals surface area contributed by atoms with Gasteiger partial charge in [-0.3, -0.25) is 9.59 Å². The summed E-state index contributed by atoms with van der Waals surface area (Å²) in [7, 11) is 0. The van der Waals surface area contributed by atoms with Gasteiger partial charge < -0.3 is 9.84 Å². The number of ketones is 2. The molecule has 0 bridgehead atoms. The number of Topliss-reactive ketones (excluding diaryl/α,β-unsaturated/α-hetero) is 2. The van der Waals surface area contributed by atoms with Crippen LogP contribution in [0.5, 0.6) is 11.5 Å². The second-order valence-corrected chi connectivity index (χ2v) is 8.14. The molecule has 3 aliphatic rings. The highest BCUT2D eigenvalue weighted by Crippen LogP contribution is 2.55. The van der Waals surface area contributed by atoms with Gasteiger partial charge in [0.25, 0.3) is 0 Å². The molecule has 1 aliphatic heterocycles. The Hall–Kier alpha value is -2.88. The van der Waals surface area contributed by atoms with Crippen molar-refractivity contribution in [2.45, 2.75) is 33.6 Å². The first-order valence-corrected chi connectivity index (χ1v) is 9.55. The monoisotopic (exact) mass is 376 g/mol. The SMILES string of the molecule is C=CC1=CC[C@H]2C(=O)C(C)=C(C)C(=O)[C@@]2(C)[C@H]1C1=COc2ccc(O)cc2C1. The average Bonchev–Trinajstić information content (AvgIpc) is 2.69. The van der Waals surface area contributed by atoms with Gasteiger partial charge in [0.05, 0.1) is 11.7 Å². The molecule has 0 saturated carbocycles. The molecule has 0 aromatic heterocycles. The van der Waals surface area contributed by atoms with Crippen LogP contribution in [0.15, 0.2) is 65.5 Å². The van der Waals surface area contributed by atoms with Crippen LogP contribution in [0.4, 0.5) is 0 Å². The van der Waals surface area contributed by atoms with Crippen LogP contribution in [0.2, 0.25) is 0 Å². The van der Waals surface area contributed by atoms with Crippen molar-refractivity contribution in [1.29, 1.82) is 0 Å². The number of fused-ring (bicyclic) bond motifs is 2. The summed E-state index contributed by atoms with van der Waals surface area (Å²) in [6.45, 7) is 9.36. The summed E-state index contributed by atoms with van der Waals surface area (Å²) in [4.78, 5) is 26.5. The lowest BCUT2D eigenvalue weighted by Gasteiger charge is -2.49. The van der Waals surface area contributed by atoms with Crippen molar-refractivity contribution < 1.29 is 19.4 Å². The van der Waals surface area contributed by atoms with Crippen molar-refractivity contribution in [3.8, 4) is 11.5 Å². The van der Waals surface area contributed by atoms with Gasteiger partial charge in [0.2, 0.25) is 0 Å². The van der Waals surface area contributed by atoms with Crippen LogP contribution in [0, 0.1) is 17.3 Å². The smallest absolute Gasteiger partial charge is 0.166 e. The lowest BCUT2D eigenvalue weighted by molar-refractivity contribution is -0.139. The van der Waals surface area contributed by atoms with E-state index >= 15 is 0 Å². The second kappa shape index (κ2) is 6.33. The third-order valence-corrected chi connectivity index (χ3v) is 6.71. The maximum Gasteiger partial charge on any atom is 0.166 e. The van der Waals surface area contributed by atoms with Crippen LogP contribution in [-0.4, -0.2) is 16.7 Å². The van der Waals surface area contributed by atoms with Gasteiger partial charge in [-0.05, 0) is 60.8 Å². The molecule has 1 N–H and O–H groups in total. The van der Waals surface area contributed by atoms with E-state index in [1.165, 1.54) is 0 Å². The van der Waals surface area contributed by atoms with Crippen molar-refractivity contribution in [1.82, 2.24) is 0 Å². The largest absolute Gasteiger partial charge is 0.508 e. The molecule has 2 aliphatic carbocycles. The Balaban J connectivity index is 1.84. The highest BCUT2D eigenvalue weighted by Gasteiger charge is 2.56. The van der Waals surface area contributed by atoms with E-state index in [0.717, 1.165) is 16.7 Å². The molecule has 3 atom stereocenters. The van der Waals surface area contributed by atoms with Crippen LogP contribution in [0.1, 0.15) is 32.8 Å². The molecule has 0 fully saturated rings. The molecule has 1 aromatic rings. The molecule has 0 spiro atoms. The quantitative estimate of drug-likeness (QED) is 0.828. The van der Waals surface area contributed by atoms with Crippen LogP contribution < -0.4 is 4.74 Å². The van der Waals surface area contributed by atoms with E-state index in [4.69, 9.17) is 4.74 Å². The lowest BCUT2D eigenvalue weighted by Crippen LogP contribution is -2.52. The highest BCUT2D eigenvalue weighted by atomic mass is 16.5. The van der Waals surface area contributed by atoms with Crippen LogP contribution in [0.25, 0.3) is 0 Å². The van der Waals surface area contributed by atoms with Gasteiger partial charge in [0.1, 0.15) is 11.5 Å². The number of carbonyl (C=O) groups is 2. The first kappa shape index (κ1) is 18.5. The Labute approximate surface area is 164 Å². The number of carbonyl (C=O) groups excluding carboxylic acids is 2. The normalized spacial score (nSPS) is 29.4. The van der Waals surface area contributed by atoms with Crippen LogP contribution in [0.3, 0.4) is 0 Å². The molecular formula is C24H24O4. The number of allylic oxidation sites excluding steroid dienone is 6. The van der Waals surface area contributed by atoms with Crippen molar-refractivity contribution in [3.63, 3.8) is 0 Å². The Morgan fingerprint density at radius 2 is 2.00 bits per heavy atom. The summed E-state index contributed by atoms with van der Waals surface area (Å²) >= 11 is 0. The summed E-state index contributed by atoms with van der Waals surface area (Å²) in [6.07, 6.45) is 6.60. The van der Waals surface area contributed by atoms with Crippen molar-refractivity contribution >= 4 is 11.6 Å². The Bertz CT molecular complexity index is 1010. The summed E-state index contributed by atoms with van der Waals surface area (Å²) < 4.78 is 5.83. The molecule has 28 heavy (non-hydrogen) atoms. The van der Waals surface area contributed by atoms with E-state index in [0.29, 0.717) is 29.7 Å². The molecule has 144 valence electrons. The van der Waals surface area contributed by atoms with Crippen LogP contribution >= 0.6 is 0 Å². The van der Waals surface area contributed by atoms with Gasteiger partial charge in [-0.1, -0.05) is 25.7 Å². The van der Waals surface area contributed by atoms with E-state index < -0.39 is 5.41 Å². The third-order valence-electron chi connectivity index (χ3n) is 6.71. The van der Waals surface area contributed by atoms with Gasteiger partial charge >= 0.3 is 0 Å². The number of phenols is 1. The predicted octanol–water partition coefficient (Wildman–Crippen LogP) is 4.45. The third kappa shape index (κ3) is 2.44. The topological polar surface area (TPSA) is 63.6 Å². The summed E-state index contributed by atoms with van der Waals surface area (Å²) in [5, 5.41) is 9.85. The van der Waals surface area contributed by atoms with Gasteiger partial charge in [-0.15, -0.1) is 0 Å². The molecule has 0 amide bonds. The fraction of sp³-hybridized carbons (Fsp3) is 0.333. The molecular weight excluding hydrogens is 352 g/mol. The fourth-order valence-corrected chi connectivity index (χ4v) is 5.04. The second-order valence-electron chi connectivity index (χ2n) is 8.14. The minimum atomic E-state index is -0.873. The van der Waals surface area contributed by atoms with Gasteiger partial charge in [0.15, 0.2) is 11.6 Å². The molecule has 1 heterocycles. The van der Waals surface area contributed by atoms with Gasteiger partial charge in [-0.25, -0.2) is 0 Å². The minimum absolute atomic E-state index is 0.0228. The van der Waals surface area contributed by atoms with Gasteiger partial charge in [-0.2, -0.15) is 0 Å². The maximum absolute atomic E-state index is 13.5. The summed E-state index contributed by atoms with van der Waals surface area (Å²) in [6, 6.07) is 5.01. The molecule has 4 rings (SSSR count). The number of rotatable bonds is 2. The summed E-state index contributed by atoms with van der Waals surface area (Å²) in [5.74, 6) is 0.270. The predicted molar refractivity (Wildman–Crippen MR) is 107 cm³/mol. The molecule has 4 nitrogen and oxygen atoms in total. The number of phenolic OH excluding ortho intramolecular Hbond substituents is 1. The minimum Gasteiger partial charge on any atom is -0.508 e. The number of hydrogen-bond donors (Lipinski definition) is 1. The Kier molecular flexibility index (Phi) is 4.18. The molecule has 0 unspecified atom stereocenters. The molecule has 4 heteroatoms. The van der Waals surface area contributed by atoms with Crippen molar-refractivity contribution in [2.75, 3.05) is 0 Å². The van der Waals surface area contributed by atoms with E-state index in [-0.39, 0.29) is 29.2 Å². The zero-order valence-electron chi connectivity index (χ0n) is 16.4. The molecule has 0 saturated heterocycles. The number of aromatic hydroxyl groups is 1. The number of hydrogen-bond acceptors (Lipinski definition) is 4. The molecule has 0 radical (unpaired) electrons. The van der Waals surface area contributed by atoms with Crippen molar-refractivity contribution in [2.24, 2.45) is 17.3 Å². The first-order chi connectivity index (χ1) is 13.3. The fourth-order valence-electron chi connectivity index (χ4n) is 5.04. The van der Waals surface area contributed by atoms with E-state index in [1.54, 1.807) is 44.4 Å². The Morgan fingerprint density at radius 3 is 2.71 bits per heavy atom. The molecule has 1 aromatic carbocycles. The standard InChI is InChI=1S/C24H24O4/c1-5-15-6-8-19-22(26)13(2)14(3)23(27)24(19,4)21(15)17-10-16-11-18(25)7-9-20(16)28-12-17/h5-7,9,11-12,19,21,25H,1,8,10H2,2-4H3/t19-,21+,24+/m0/s1.